The van der Waals surface area contributed by atoms with E-state index >= 15 is 0 Å². The molecule has 0 saturated heterocycles. The van der Waals surface area contributed by atoms with E-state index in [1.807, 2.05) is 26.0 Å². The Morgan fingerprint density at radius 2 is 2.00 bits per heavy atom. The van der Waals surface area contributed by atoms with Gasteiger partial charge in [0.15, 0.2) is 21.6 Å². The molecule has 1 heterocycles. The topological polar surface area (TPSA) is 109 Å². The molecule has 0 saturated carbocycles. The van der Waals surface area contributed by atoms with E-state index in [0.717, 1.165) is 23.4 Å². The lowest BCUT2D eigenvalue weighted by Gasteiger charge is -2.12. The predicted molar refractivity (Wildman–Crippen MR) is 125 cm³/mol. The third-order valence-electron chi connectivity index (χ3n) is 4.18. The molecule has 0 aliphatic rings. The summed E-state index contributed by atoms with van der Waals surface area (Å²) in [5.41, 5.74) is 1.73. The first-order chi connectivity index (χ1) is 13.2. The maximum Gasteiger partial charge on any atom is 0.226 e. The van der Waals surface area contributed by atoms with Gasteiger partial charge in [0, 0.05) is 38.7 Å². The summed E-state index contributed by atoms with van der Waals surface area (Å²) >= 11 is 0. The number of halogens is 1. The molecule has 2 N–H and O–H groups in total. The van der Waals surface area contributed by atoms with E-state index in [0.29, 0.717) is 36.3 Å². The summed E-state index contributed by atoms with van der Waals surface area (Å²) in [6.07, 6.45) is 2.76. The standard InChI is InChI=1S/C19H29N5O3S.HI/c1-13(2)18-23-17(27-24-18)7-6-10-21-19(20-4)22-12-15-8-9-16(14(3)11-15)28(5,25)26;/h8-9,11,13H,6-7,10,12H2,1-5H3,(H2,20,21,22);1H. The van der Waals surface area contributed by atoms with Crippen LogP contribution in [-0.2, 0) is 22.8 Å². The largest absolute Gasteiger partial charge is 0.356 e. The molecule has 0 fully saturated rings. The molecular formula is C19H30IN5O3S. The number of aryl methyl sites for hydroxylation is 2. The molecule has 2 aromatic rings. The van der Waals surface area contributed by atoms with Crippen molar-refractivity contribution in [2.45, 2.75) is 51.0 Å². The minimum Gasteiger partial charge on any atom is -0.356 e. The number of rotatable bonds is 8. The summed E-state index contributed by atoms with van der Waals surface area (Å²) < 4.78 is 28.6. The second kappa shape index (κ2) is 11.5. The molecular weight excluding hydrogens is 505 g/mol. The monoisotopic (exact) mass is 535 g/mol. The van der Waals surface area contributed by atoms with Crippen molar-refractivity contribution in [2.75, 3.05) is 19.8 Å². The van der Waals surface area contributed by atoms with Crippen LogP contribution >= 0.6 is 24.0 Å². The predicted octanol–water partition coefficient (Wildman–Crippen LogP) is 2.82. The molecule has 1 aromatic heterocycles. The van der Waals surface area contributed by atoms with Crippen molar-refractivity contribution in [2.24, 2.45) is 4.99 Å². The van der Waals surface area contributed by atoms with Gasteiger partial charge in [0.2, 0.25) is 5.89 Å². The summed E-state index contributed by atoms with van der Waals surface area (Å²) in [5, 5.41) is 10.4. The number of hydrogen-bond donors (Lipinski definition) is 2. The fourth-order valence-corrected chi connectivity index (χ4v) is 3.65. The smallest absolute Gasteiger partial charge is 0.226 e. The van der Waals surface area contributed by atoms with Gasteiger partial charge in [0.1, 0.15) is 0 Å². The lowest BCUT2D eigenvalue weighted by molar-refractivity contribution is 0.368. The molecule has 8 nitrogen and oxygen atoms in total. The Hall–Kier alpha value is -1.69. The van der Waals surface area contributed by atoms with E-state index < -0.39 is 9.84 Å². The maximum atomic E-state index is 11.7. The molecule has 0 aliphatic heterocycles. The second-order valence-electron chi connectivity index (χ2n) is 7.03. The van der Waals surface area contributed by atoms with Crippen molar-refractivity contribution in [1.29, 1.82) is 0 Å². The first-order valence-electron chi connectivity index (χ1n) is 9.27. The van der Waals surface area contributed by atoms with Gasteiger partial charge < -0.3 is 15.2 Å². The first kappa shape index (κ1) is 25.3. The van der Waals surface area contributed by atoms with Gasteiger partial charge >= 0.3 is 0 Å². The zero-order valence-electron chi connectivity index (χ0n) is 17.5. The van der Waals surface area contributed by atoms with Crippen LogP contribution < -0.4 is 10.6 Å². The lowest BCUT2D eigenvalue weighted by atomic mass is 10.1. The van der Waals surface area contributed by atoms with Crippen LogP contribution in [0.5, 0.6) is 0 Å². The van der Waals surface area contributed by atoms with E-state index in [2.05, 4.69) is 25.8 Å². The highest BCUT2D eigenvalue weighted by molar-refractivity contribution is 14.0. The van der Waals surface area contributed by atoms with E-state index in [1.54, 1.807) is 20.0 Å². The Labute approximate surface area is 189 Å². The van der Waals surface area contributed by atoms with Crippen LogP contribution in [0.15, 0.2) is 32.6 Å². The van der Waals surface area contributed by atoms with Gasteiger partial charge in [0.05, 0.1) is 4.90 Å². The number of aliphatic imine (C=N–C) groups is 1. The molecule has 2 rings (SSSR count). The van der Waals surface area contributed by atoms with Gasteiger partial charge in [-0.25, -0.2) is 8.42 Å². The normalized spacial score (nSPS) is 12.0. The molecule has 0 bridgehead atoms. The van der Waals surface area contributed by atoms with Crippen molar-refractivity contribution < 1.29 is 12.9 Å². The Bertz CT molecular complexity index is 926. The van der Waals surface area contributed by atoms with Crippen LogP contribution in [0.4, 0.5) is 0 Å². The molecule has 0 radical (unpaired) electrons. The number of nitrogens with one attached hydrogen (secondary N) is 2. The van der Waals surface area contributed by atoms with Crippen molar-refractivity contribution in [1.82, 2.24) is 20.8 Å². The highest BCUT2D eigenvalue weighted by Crippen LogP contribution is 2.16. The molecule has 0 atom stereocenters. The molecule has 0 unspecified atom stereocenters. The maximum absolute atomic E-state index is 11.7. The van der Waals surface area contributed by atoms with Crippen molar-refractivity contribution in [3.63, 3.8) is 0 Å². The molecule has 0 amide bonds. The molecule has 29 heavy (non-hydrogen) atoms. The van der Waals surface area contributed by atoms with E-state index in [4.69, 9.17) is 4.52 Å². The zero-order chi connectivity index (χ0) is 20.7. The lowest BCUT2D eigenvalue weighted by Crippen LogP contribution is -2.37. The van der Waals surface area contributed by atoms with Crippen LogP contribution in [0.2, 0.25) is 0 Å². The number of benzene rings is 1. The summed E-state index contributed by atoms with van der Waals surface area (Å²) in [5.74, 6) is 2.32. The second-order valence-corrected chi connectivity index (χ2v) is 9.01. The highest BCUT2D eigenvalue weighted by Gasteiger charge is 2.11. The van der Waals surface area contributed by atoms with Crippen LogP contribution in [0.3, 0.4) is 0 Å². The number of aromatic nitrogens is 2. The average Bonchev–Trinajstić information content (AvgIpc) is 3.09. The summed E-state index contributed by atoms with van der Waals surface area (Å²) in [4.78, 5) is 8.92. The average molecular weight is 535 g/mol. The summed E-state index contributed by atoms with van der Waals surface area (Å²) in [7, 11) is -1.49. The number of guanidine groups is 1. The molecule has 0 aliphatic carbocycles. The fourth-order valence-electron chi connectivity index (χ4n) is 2.69. The molecule has 162 valence electrons. The number of hydrogen-bond acceptors (Lipinski definition) is 6. The summed E-state index contributed by atoms with van der Waals surface area (Å²) in [6, 6.07) is 5.33. The Morgan fingerprint density at radius 3 is 2.55 bits per heavy atom. The highest BCUT2D eigenvalue weighted by atomic mass is 127. The van der Waals surface area contributed by atoms with E-state index in [-0.39, 0.29) is 29.9 Å². The Balaban J connectivity index is 0.00000420. The van der Waals surface area contributed by atoms with Crippen LogP contribution in [-0.4, -0.2) is 44.4 Å². The minimum absolute atomic E-state index is 0. The van der Waals surface area contributed by atoms with E-state index in [1.165, 1.54) is 6.26 Å². The van der Waals surface area contributed by atoms with Crippen molar-refractivity contribution in [3.8, 4) is 0 Å². The molecule has 0 spiro atoms. The van der Waals surface area contributed by atoms with Gasteiger partial charge in [-0.15, -0.1) is 24.0 Å². The summed E-state index contributed by atoms with van der Waals surface area (Å²) in [6.45, 7) is 7.12. The molecule has 10 heteroatoms. The Morgan fingerprint density at radius 1 is 1.28 bits per heavy atom. The molecule has 1 aromatic carbocycles. The fraction of sp³-hybridized carbons (Fsp3) is 0.526. The number of sulfone groups is 1. The Kier molecular flexibility index (Phi) is 10.0. The van der Waals surface area contributed by atoms with Crippen LogP contribution in [0, 0.1) is 6.92 Å². The van der Waals surface area contributed by atoms with Gasteiger partial charge in [-0.1, -0.05) is 31.1 Å². The van der Waals surface area contributed by atoms with Crippen molar-refractivity contribution >= 4 is 39.8 Å². The zero-order valence-corrected chi connectivity index (χ0v) is 20.7. The van der Waals surface area contributed by atoms with Gasteiger partial charge in [-0.05, 0) is 30.5 Å². The van der Waals surface area contributed by atoms with Gasteiger partial charge in [-0.2, -0.15) is 4.98 Å². The van der Waals surface area contributed by atoms with Crippen LogP contribution in [0.25, 0.3) is 0 Å². The quantitative estimate of drug-likeness (QED) is 0.232. The third kappa shape index (κ3) is 7.92. The number of nitrogens with zero attached hydrogens (tertiary/aromatic N) is 3. The minimum atomic E-state index is -3.20. The first-order valence-corrected chi connectivity index (χ1v) is 11.2. The van der Waals surface area contributed by atoms with Crippen LogP contribution in [0.1, 0.15) is 49.0 Å². The van der Waals surface area contributed by atoms with Gasteiger partial charge in [0.25, 0.3) is 0 Å². The van der Waals surface area contributed by atoms with Crippen molar-refractivity contribution in [3.05, 3.63) is 41.0 Å². The van der Waals surface area contributed by atoms with Gasteiger partial charge in [-0.3, -0.25) is 4.99 Å². The van der Waals surface area contributed by atoms with E-state index in [9.17, 15) is 8.42 Å². The SMILES string of the molecule is CN=C(NCCCc1nc(C(C)C)no1)NCc1ccc(S(C)(=O)=O)c(C)c1.I. The third-order valence-corrected chi connectivity index (χ3v) is 5.44.